The number of nitrogens with zero attached hydrogens (tertiary/aromatic N) is 1. The number of carbonyl (C=O) groups is 2. The fourth-order valence-corrected chi connectivity index (χ4v) is 4.06. The third-order valence-corrected chi connectivity index (χ3v) is 5.19. The van der Waals surface area contributed by atoms with E-state index in [0.717, 1.165) is 10.6 Å². The van der Waals surface area contributed by atoms with Crippen LogP contribution < -0.4 is 5.32 Å². The summed E-state index contributed by atoms with van der Waals surface area (Å²) >= 11 is 1.52. The highest BCUT2D eigenvalue weighted by Gasteiger charge is 2.34. The van der Waals surface area contributed by atoms with Crippen molar-refractivity contribution in [2.24, 2.45) is 0 Å². The van der Waals surface area contributed by atoms with Gasteiger partial charge in [-0.3, -0.25) is 9.59 Å². The second-order valence-electron chi connectivity index (χ2n) is 6.83. The highest BCUT2D eigenvalue weighted by atomic mass is 32.2. The lowest BCUT2D eigenvalue weighted by Gasteiger charge is -2.41. The van der Waals surface area contributed by atoms with Gasteiger partial charge in [-0.25, -0.2) is 0 Å². The van der Waals surface area contributed by atoms with Gasteiger partial charge in [0.05, 0.1) is 22.6 Å². The third-order valence-electron chi connectivity index (χ3n) is 4.01. The first-order valence-electron chi connectivity index (χ1n) is 7.84. The maximum atomic E-state index is 12.8. The Kier molecular flexibility index (Phi) is 4.14. The first-order chi connectivity index (χ1) is 10.7. The highest BCUT2D eigenvalue weighted by Crippen LogP contribution is 2.36. The number of amides is 2. The molecule has 2 heterocycles. The average Bonchev–Trinajstić information content (AvgIpc) is 2.45. The van der Waals surface area contributed by atoms with Crippen molar-refractivity contribution in [2.45, 2.75) is 49.5 Å². The van der Waals surface area contributed by atoms with E-state index in [1.165, 1.54) is 11.8 Å². The Balaban J connectivity index is 1.83. The van der Waals surface area contributed by atoms with Gasteiger partial charge in [-0.2, -0.15) is 0 Å². The predicted octanol–water partition coefficient (Wildman–Crippen LogP) is 2.76. The van der Waals surface area contributed by atoms with Crippen molar-refractivity contribution < 1.29 is 14.3 Å². The minimum atomic E-state index is -0.346. The molecule has 124 valence electrons. The fraction of sp³-hybridized carbons (Fsp3) is 0.529. The molecule has 1 aromatic rings. The van der Waals surface area contributed by atoms with Crippen LogP contribution in [0, 0.1) is 0 Å². The van der Waals surface area contributed by atoms with Gasteiger partial charge in [0.25, 0.3) is 5.91 Å². The Bertz CT molecular complexity index is 659. The van der Waals surface area contributed by atoms with Gasteiger partial charge in [0.1, 0.15) is 0 Å². The van der Waals surface area contributed by atoms with E-state index < -0.39 is 0 Å². The van der Waals surface area contributed by atoms with Gasteiger partial charge < -0.3 is 15.0 Å². The van der Waals surface area contributed by atoms with E-state index in [-0.39, 0.29) is 28.8 Å². The fourth-order valence-electron chi connectivity index (χ4n) is 3.13. The van der Waals surface area contributed by atoms with Crippen LogP contribution in [0.15, 0.2) is 23.1 Å². The van der Waals surface area contributed by atoms with Crippen LogP contribution in [0.5, 0.6) is 0 Å². The molecule has 2 aliphatic heterocycles. The second-order valence-corrected chi connectivity index (χ2v) is 8.22. The number of morpholine rings is 1. The minimum Gasteiger partial charge on any atom is -0.369 e. The van der Waals surface area contributed by atoms with E-state index in [9.17, 15) is 9.59 Å². The molecule has 6 heteroatoms. The molecular weight excluding hydrogens is 312 g/mol. The zero-order valence-electron chi connectivity index (χ0n) is 13.9. The average molecular weight is 334 g/mol. The number of nitrogens with one attached hydrogen (secondary N) is 1. The minimum absolute atomic E-state index is 0.0106. The first-order valence-corrected chi connectivity index (χ1v) is 8.72. The molecule has 1 N–H and O–H groups in total. The summed E-state index contributed by atoms with van der Waals surface area (Å²) in [5.41, 5.74) is 0.981. The normalized spacial score (nSPS) is 26.4. The molecule has 1 fully saturated rings. The van der Waals surface area contributed by atoms with Gasteiger partial charge in [-0.05, 0) is 45.9 Å². The van der Waals surface area contributed by atoms with Crippen molar-refractivity contribution in [1.29, 1.82) is 0 Å². The molecule has 3 rings (SSSR count). The van der Waals surface area contributed by atoms with Crippen LogP contribution in [0.4, 0.5) is 5.69 Å². The van der Waals surface area contributed by atoms with E-state index in [1.54, 1.807) is 6.07 Å². The number of hydrogen-bond acceptors (Lipinski definition) is 4. The largest absolute Gasteiger partial charge is 0.369 e. The van der Waals surface area contributed by atoms with Crippen LogP contribution in [0.1, 0.15) is 38.1 Å². The van der Waals surface area contributed by atoms with Gasteiger partial charge in [0.2, 0.25) is 5.91 Å². The van der Waals surface area contributed by atoms with Crippen molar-refractivity contribution in [2.75, 3.05) is 18.4 Å². The molecule has 0 aliphatic carbocycles. The highest BCUT2D eigenvalue weighted by molar-refractivity contribution is 8.00. The zero-order chi connectivity index (χ0) is 16.8. The monoisotopic (exact) mass is 334 g/mol. The molecule has 0 bridgehead atoms. The van der Waals surface area contributed by atoms with Gasteiger partial charge in [0.15, 0.2) is 0 Å². The molecule has 2 unspecified atom stereocenters. The van der Waals surface area contributed by atoms with Crippen molar-refractivity contribution >= 4 is 29.3 Å². The number of ether oxygens (including phenoxy) is 1. The van der Waals surface area contributed by atoms with Crippen LogP contribution in [0.2, 0.25) is 0 Å². The van der Waals surface area contributed by atoms with Crippen LogP contribution in [0.25, 0.3) is 0 Å². The molecule has 0 spiro atoms. The number of hydrogen-bond donors (Lipinski definition) is 1. The quantitative estimate of drug-likeness (QED) is 0.858. The van der Waals surface area contributed by atoms with Crippen LogP contribution in [-0.2, 0) is 9.53 Å². The Labute approximate surface area is 140 Å². The molecule has 23 heavy (non-hydrogen) atoms. The van der Waals surface area contributed by atoms with E-state index in [1.807, 2.05) is 44.7 Å². The molecule has 1 saturated heterocycles. The number of benzene rings is 1. The first kappa shape index (κ1) is 16.3. The SMILES string of the molecule is CC1CN(C(=O)c2ccc3c(c2)NC(=O)C(C)S3)CC(C)(C)O1. The maximum Gasteiger partial charge on any atom is 0.254 e. The number of thioether (sulfide) groups is 1. The summed E-state index contributed by atoms with van der Waals surface area (Å²) in [5, 5.41) is 2.77. The van der Waals surface area contributed by atoms with E-state index in [4.69, 9.17) is 4.74 Å². The predicted molar refractivity (Wildman–Crippen MR) is 90.9 cm³/mol. The molecule has 2 amide bonds. The van der Waals surface area contributed by atoms with Crippen LogP contribution in [0.3, 0.4) is 0 Å². The van der Waals surface area contributed by atoms with E-state index in [0.29, 0.717) is 18.7 Å². The summed E-state index contributed by atoms with van der Waals surface area (Å²) in [4.78, 5) is 27.5. The molecule has 0 radical (unpaired) electrons. The smallest absolute Gasteiger partial charge is 0.254 e. The molecule has 0 saturated carbocycles. The van der Waals surface area contributed by atoms with Crippen molar-refractivity contribution in [3.63, 3.8) is 0 Å². The van der Waals surface area contributed by atoms with Gasteiger partial charge >= 0.3 is 0 Å². The number of rotatable bonds is 1. The number of fused-ring (bicyclic) bond motifs is 1. The lowest BCUT2D eigenvalue weighted by Crippen LogP contribution is -2.53. The lowest BCUT2D eigenvalue weighted by atomic mass is 10.0. The standard InChI is InChI=1S/C17H22N2O3S/c1-10-8-19(9-17(3,4)22-10)16(21)12-5-6-14-13(7-12)18-15(20)11(2)23-14/h5-7,10-11H,8-9H2,1-4H3,(H,18,20). The Morgan fingerprint density at radius 3 is 2.83 bits per heavy atom. The molecule has 0 aromatic heterocycles. The van der Waals surface area contributed by atoms with Crippen LogP contribution in [-0.4, -0.2) is 46.8 Å². The Morgan fingerprint density at radius 2 is 2.13 bits per heavy atom. The maximum absolute atomic E-state index is 12.8. The van der Waals surface area contributed by atoms with Crippen molar-refractivity contribution in [3.8, 4) is 0 Å². The third kappa shape index (κ3) is 3.38. The van der Waals surface area contributed by atoms with E-state index in [2.05, 4.69) is 5.32 Å². The topological polar surface area (TPSA) is 58.6 Å². The molecule has 2 aliphatic rings. The lowest BCUT2D eigenvalue weighted by molar-refractivity contribution is -0.118. The summed E-state index contributed by atoms with van der Waals surface area (Å²) in [6.07, 6.45) is 0.0106. The Morgan fingerprint density at radius 1 is 1.39 bits per heavy atom. The zero-order valence-corrected chi connectivity index (χ0v) is 14.7. The van der Waals surface area contributed by atoms with Crippen molar-refractivity contribution in [3.05, 3.63) is 23.8 Å². The summed E-state index contributed by atoms with van der Waals surface area (Å²) in [6, 6.07) is 5.53. The summed E-state index contributed by atoms with van der Waals surface area (Å²) in [6.45, 7) is 8.98. The van der Waals surface area contributed by atoms with Crippen molar-refractivity contribution in [1.82, 2.24) is 4.90 Å². The van der Waals surface area contributed by atoms with Gasteiger partial charge in [-0.1, -0.05) is 0 Å². The van der Waals surface area contributed by atoms with E-state index >= 15 is 0 Å². The molecule has 5 nitrogen and oxygen atoms in total. The molecular formula is C17H22N2O3S. The Hall–Kier alpha value is -1.53. The number of anilines is 1. The second kappa shape index (κ2) is 5.83. The molecule has 1 aromatic carbocycles. The van der Waals surface area contributed by atoms with Crippen LogP contribution >= 0.6 is 11.8 Å². The summed E-state index contributed by atoms with van der Waals surface area (Å²) in [5.74, 6) is -0.0397. The van der Waals surface area contributed by atoms with Gasteiger partial charge in [-0.15, -0.1) is 11.8 Å². The molecule has 2 atom stereocenters. The summed E-state index contributed by atoms with van der Waals surface area (Å²) in [7, 11) is 0. The number of carbonyl (C=O) groups excluding carboxylic acids is 2. The van der Waals surface area contributed by atoms with Gasteiger partial charge in [0, 0.05) is 23.5 Å². The summed E-state index contributed by atoms with van der Waals surface area (Å²) < 4.78 is 5.85.